The predicted octanol–water partition coefficient (Wildman–Crippen LogP) is 6.35. The Balaban J connectivity index is 0.746. The molecule has 3 aliphatic rings. The van der Waals surface area contributed by atoms with E-state index in [1.165, 1.54) is 48.2 Å². The first-order valence-electron chi connectivity index (χ1n) is 20.8. The van der Waals surface area contributed by atoms with Gasteiger partial charge in [0.05, 0.1) is 17.3 Å². The average molecular weight is 865 g/mol. The van der Waals surface area contributed by atoms with E-state index in [1.54, 1.807) is 42.6 Å². The van der Waals surface area contributed by atoms with Crippen molar-refractivity contribution in [2.24, 2.45) is 11.8 Å². The fourth-order valence-electron chi connectivity index (χ4n) is 7.69. The molecule has 8 rings (SSSR count). The summed E-state index contributed by atoms with van der Waals surface area (Å²) in [4.78, 5) is 72.7. The second-order valence-electron chi connectivity index (χ2n) is 16.0. The molecule has 2 fully saturated rings. The number of likely N-dealkylation sites (N-methyl/N-ethyl adjacent to an activating group) is 1. The minimum Gasteiger partial charge on any atom is -0.457 e. The number of alkyl halides is 2. The van der Waals surface area contributed by atoms with Crippen molar-refractivity contribution in [2.75, 3.05) is 43.9 Å². The molecular weight excluding hydrogens is 819 g/mol. The highest BCUT2D eigenvalue weighted by molar-refractivity contribution is 6.49. The highest BCUT2D eigenvalue weighted by Gasteiger charge is 2.33. The maximum atomic E-state index is 14.1. The molecule has 0 radical (unpaired) electrons. The minimum absolute atomic E-state index is 0.00724. The van der Waals surface area contributed by atoms with Gasteiger partial charge in [-0.05, 0) is 99.4 Å². The predicted molar refractivity (Wildman–Crippen MR) is 225 cm³/mol. The van der Waals surface area contributed by atoms with E-state index in [0.717, 1.165) is 44.3 Å². The summed E-state index contributed by atoms with van der Waals surface area (Å²) >= 11 is 0. The molecule has 2 aliphatic carbocycles. The van der Waals surface area contributed by atoms with Crippen molar-refractivity contribution in [3.8, 4) is 23.0 Å². The number of fused-ring (bicyclic) bond motifs is 1. The molecule has 19 heteroatoms. The van der Waals surface area contributed by atoms with E-state index in [-0.39, 0.29) is 52.8 Å². The number of ether oxygens (including phenoxy) is 1. The molecule has 5 aromatic rings. The van der Waals surface area contributed by atoms with Gasteiger partial charge in [0.1, 0.15) is 23.6 Å². The molecule has 0 unspecified atom stereocenters. The van der Waals surface area contributed by atoms with Gasteiger partial charge in [0.25, 0.3) is 29.9 Å². The zero-order valence-electron chi connectivity index (χ0n) is 34.4. The number of nitrogens with one attached hydrogen (secondary N) is 5. The molecule has 1 aliphatic heterocycles. The van der Waals surface area contributed by atoms with Crippen LogP contribution in [0, 0.1) is 11.8 Å². The largest absolute Gasteiger partial charge is 0.457 e. The first kappa shape index (κ1) is 42.7. The van der Waals surface area contributed by atoms with Crippen molar-refractivity contribution in [2.45, 2.75) is 57.5 Å². The summed E-state index contributed by atoms with van der Waals surface area (Å²) < 4.78 is 41.2. The summed E-state index contributed by atoms with van der Waals surface area (Å²) in [5.41, 5.74) is 0.769. The number of aromatic nitrogens is 4. The Morgan fingerprint density at radius 2 is 1.76 bits per heavy atom. The number of ketones is 1. The number of Topliss-reactive ketones (excluding diaryl/α,β-unsaturated/α-hetero) is 1. The number of benzene rings is 2. The molecular formula is C44H46F2N10O7. The van der Waals surface area contributed by atoms with Crippen molar-refractivity contribution >= 4 is 41.0 Å². The lowest BCUT2D eigenvalue weighted by Crippen LogP contribution is -2.42. The van der Waals surface area contributed by atoms with Crippen LogP contribution in [0.1, 0.15) is 93.5 Å². The molecule has 4 heterocycles. The Bertz CT molecular complexity index is 2500. The maximum Gasteiger partial charge on any atom is 0.315 e. The first-order valence-corrected chi connectivity index (χ1v) is 20.8. The number of pyridine rings is 1. The number of carbonyl (C=O) groups is 5. The van der Waals surface area contributed by atoms with Crippen LogP contribution in [0.5, 0.6) is 11.5 Å². The monoisotopic (exact) mass is 864 g/mol. The number of hydrogen-bond donors (Lipinski definition) is 5. The van der Waals surface area contributed by atoms with E-state index in [9.17, 15) is 32.8 Å². The molecule has 63 heavy (non-hydrogen) atoms. The number of carbonyl (C=O) groups excluding carboxylic acids is 5. The molecule has 5 amide bonds. The Labute approximate surface area is 360 Å². The van der Waals surface area contributed by atoms with Crippen LogP contribution in [-0.2, 0) is 11.3 Å². The van der Waals surface area contributed by atoms with Gasteiger partial charge in [-0.25, -0.2) is 23.5 Å². The normalized spacial score (nSPS) is 17.3. The minimum atomic E-state index is -2.90. The standard InChI is InChI=1S/C44H46F2N10O7/c1-55(18-17-48-44(61)50-21-26-9-13-30(14-10-26)63-34-4-2-3-31-36(34)41(59)53-42(60)38(31)57)22-27-7-11-29(12-8-27)56-23-32(37(54-56)39(45)46)51-40(58)33-24-62-43(52-33)28-15-16-47-35(19-28)49-20-25-5-6-25/h2-4,9-10,13-16,19,23-25,27,29,39H,5-8,11-12,17-18,20-22H2,1H3,(H,47,49)(H,51,58)(H2,48,50,61)(H,53,59,60). The van der Waals surface area contributed by atoms with Crippen LogP contribution in [0.2, 0.25) is 0 Å². The van der Waals surface area contributed by atoms with E-state index in [2.05, 4.69) is 41.2 Å². The highest BCUT2D eigenvalue weighted by atomic mass is 19.3. The van der Waals surface area contributed by atoms with E-state index in [4.69, 9.17) is 9.15 Å². The third kappa shape index (κ3) is 10.5. The maximum absolute atomic E-state index is 14.1. The van der Waals surface area contributed by atoms with Crippen LogP contribution in [-0.4, -0.2) is 87.4 Å². The van der Waals surface area contributed by atoms with Crippen LogP contribution in [0.15, 0.2) is 77.7 Å². The lowest BCUT2D eigenvalue weighted by Gasteiger charge is -2.31. The number of halogens is 2. The van der Waals surface area contributed by atoms with Crippen LogP contribution in [0.3, 0.4) is 0 Å². The molecule has 0 bridgehead atoms. The number of rotatable bonds is 17. The highest BCUT2D eigenvalue weighted by Crippen LogP contribution is 2.36. The van der Waals surface area contributed by atoms with Gasteiger partial charge < -0.3 is 35.3 Å². The number of amides is 5. The number of imide groups is 1. The van der Waals surface area contributed by atoms with Crippen molar-refractivity contribution in [3.05, 3.63) is 101 Å². The van der Waals surface area contributed by atoms with Gasteiger partial charge in [-0.1, -0.05) is 18.2 Å². The lowest BCUT2D eigenvalue weighted by atomic mass is 9.86. The Kier molecular flexibility index (Phi) is 12.8. The number of urea groups is 1. The number of oxazole rings is 1. The van der Waals surface area contributed by atoms with Gasteiger partial charge in [0.15, 0.2) is 11.4 Å². The lowest BCUT2D eigenvalue weighted by molar-refractivity contribution is -0.116. The van der Waals surface area contributed by atoms with Crippen molar-refractivity contribution < 1.29 is 41.9 Å². The van der Waals surface area contributed by atoms with E-state index in [1.807, 2.05) is 12.4 Å². The van der Waals surface area contributed by atoms with Gasteiger partial charge in [0.2, 0.25) is 5.89 Å². The quantitative estimate of drug-likeness (QED) is 0.0511. The number of anilines is 2. The van der Waals surface area contributed by atoms with E-state index in [0.29, 0.717) is 42.1 Å². The second-order valence-corrected chi connectivity index (χ2v) is 16.0. The van der Waals surface area contributed by atoms with E-state index >= 15 is 0 Å². The summed E-state index contributed by atoms with van der Waals surface area (Å²) in [6, 6.07) is 14.4. The van der Waals surface area contributed by atoms with Crippen LogP contribution in [0.25, 0.3) is 11.5 Å². The van der Waals surface area contributed by atoms with Crippen molar-refractivity contribution in [1.82, 2.24) is 40.6 Å². The molecule has 2 saturated carbocycles. The molecule has 328 valence electrons. The zero-order valence-corrected chi connectivity index (χ0v) is 34.4. The summed E-state index contributed by atoms with van der Waals surface area (Å²) in [5.74, 6) is -0.736. The van der Waals surface area contributed by atoms with E-state index < -0.39 is 35.6 Å². The van der Waals surface area contributed by atoms with Crippen molar-refractivity contribution in [3.63, 3.8) is 0 Å². The average Bonchev–Trinajstić information content (AvgIpc) is 3.80. The fourth-order valence-corrected chi connectivity index (χ4v) is 7.69. The molecule has 17 nitrogen and oxygen atoms in total. The van der Waals surface area contributed by atoms with Gasteiger partial charge in [0, 0.05) is 56.2 Å². The Morgan fingerprint density at radius 1 is 0.984 bits per heavy atom. The number of nitrogens with zero attached hydrogens (tertiary/aromatic N) is 5. The SMILES string of the molecule is CN(CCNC(=O)NCc1ccc(Oc2cccc3c2C(=O)NC(=O)C3=O)cc1)CC1CCC(n2cc(NC(=O)c3coc(-c4ccnc(NCC5CC5)c4)n3)c(C(F)F)n2)CC1. The Hall–Kier alpha value is -7.02. The first-order chi connectivity index (χ1) is 30.5. The summed E-state index contributed by atoms with van der Waals surface area (Å²) in [7, 11) is 1.99. The summed E-state index contributed by atoms with van der Waals surface area (Å²) in [6.45, 7) is 2.93. The molecule has 3 aromatic heterocycles. The fraction of sp³-hybridized carbons (Fsp3) is 0.364. The molecule has 2 aromatic carbocycles. The zero-order chi connectivity index (χ0) is 44.0. The third-order valence-electron chi connectivity index (χ3n) is 11.3. The topological polar surface area (TPSA) is 215 Å². The molecule has 0 saturated heterocycles. The molecule has 0 spiro atoms. The van der Waals surface area contributed by atoms with Crippen LogP contribution >= 0.6 is 0 Å². The summed E-state index contributed by atoms with van der Waals surface area (Å²) in [6.07, 6.45) is 6.97. The number of hydrogen-bond acceptors (Lipinski definition) is 12. The van der Waals surface area contributed by atoms with Gasteiger partial charge in [-0.2, -0.15) is 5.10 Å². The summed E-state index contributed by atoms with van der Waals surface area (Å²) in [5, 5.41) is 17.8. The van der Waals surface area contributed by atoms with Crippen LogP contribution in [0.4, 0.5) is 25.1 Å². The molecule has 0 atom stereocenters. The molecule has 5 N–H and O–H groups in total. The van der Waals surface area contributed by atoms with Gasteiger partial charge in [-0.15, -0.1) is 0 Å². The van der Waals surface area contributed by atoms with Crippen LogP contribution < -0.4 is 31.3 Å². The second kappa shape index (κ2) is 18.9. The third-order valence-corrected chi connectivity index (χ3v) is 11.3. The Morgan fingerprint density at radius 3 is 2.52 bits per heavy atom. The van der Waals surface area contributed by atoms with Crippen molar-refractivity contribution in [1.29, 1.82) is 0 Å². The van der Waals surface area contributed by atoms with Gasteiger partial charge in [-0.3, -0.25) is 29.2 Å². The smallest absolute Gasteiger partial charge is 0.315 e. The van der Waals surface area contributed by atoms with Gasteiger partial charge >= 0.3 is 6.03 Å².